The second kappa shape index (κ2) is 8.45. The predicted molar refractivity (Wildman–Crippen MR) is 91.4 cm³/mol. The van der Waals surface area contributed by atoms with Crippen LogP contribution >= 0.6 is 11.8 Å². The Labute approximate surface area is 145 Å². The van der Waals surface area contributed by atoms with Gasteiger partial charge in [-0.05, 0) is 52.3 Å². The normalized spacial score (nSPS) is 22.3. The van der Waals surface area contributed by atoms with Gasteiger partial charge in [-0.2, -0.15) is 0 Å². The van der Waals surface area contributed by atoms with Crippen molar-refractivity contribution >= 4 is 21.6 Å². The molecule has 1 saturated heterocycles. The van der Waals surface area contributed by atoms with Gasteiger partial charge in [-0.25, -0.2) is 12.8 Å². The lowest BCUT2D eigenvalue weighted by Gasteiger charge is -2.51. The highest BCUT2D eigenvalue weighted by atomic mass is 35.5. The molecule has 1 fully saturated rings. The van der Waals surface area contributed by atoms with E-state index in [-0.39, 0.29) is 36.7 Å². The summed E-state index contributed by atoms with van der Waals surface area (Å²) in [5.74, 6) is 0.00606. The van der Waals surface area contributed by atoms with Crippen LogP contribution in [0.1, 0.15) is 40.5 Å². The van der Waals surface area contributed by atoms with Gasteiger partial charge in [-0.3, -0.25) is 0 Å². The van der Waals surface area contributed by atoms with E-state index in [4.69, 9.17) is 26.4 Å². The number of ether oxygens (including phenoxy) is 2. The molecular weight excluding hydrogens is 342 g/mol. The molecule has 1 rings (SSSR count). The van der Waals surface area contributed by atoms with Crippen LogP contribution in [0.5, 0.6) is 0 Å². The first kappa shape index (κ1) is 21.1. The topological polar surface area (TPSA) is 76.1 Å². The molecule has 0 bridgehead atoms. The third kappa shape index (κ3) is 6.14. The molecule has 0 aromatic heterocycles. The molecule has 6 nitrogen and oxygen atoms in total. The molecule has 8 heteroatoms. The molecule has 1 aliphatic rings. The summed E-state index contributed by atoms with van der Waals surface area (Å²) in [5, 5.41) is 8.16. The Morgan fingerprint density at radius 1 is 1.04 bits per heavy atom. The minimum Gasteiger partial charge on any atom is -0.394 e. The Balaban J connectivity index is 2.50. The summed E-state index contributed by atoms with van der Waals surface area (Å²) in [7, 11) is -3.24. The summed E-state index contributed by atoms with van der Waals surface area (Å²) in [6.07, 6.45) is 1.03. The maximum atomic E-state index is 12.6. The molecule has 138 valence electrons. The minimum atomic E-state index is -3.24. The van der Waals surface area contributed by atoms with Gasteiger partial charge in [0.1, 0.15) is 0 Å². The van der Waals surface area contributed by atoms with Crippen molar-refractivity contribution in [3.8, 4) is 0 Å². The van der Waals surface area contributed by atoms with Crippen molar-refractivity contribution in [2.75, 3.05) is 38.8 Å². The number of halogens is 1. The van der Waals surface area contributed by atoms with Gasteiger partial charge in [0.15, 0.2) is 9.84 Å². The fourth-order valence-electron chi connectivity index (χ4n) is 3.15. The first-order valence-corrected chi connectivity index (χ1v) is 10.0. The molecular formula is C15H30ClNO5S. The van der Waals surface area contributed by atoms with E-state index in [2.05, 4.69) is 0 Å². The lowest BCUT2D eigenvalue weighted by Crippen LogP contribution is -2.58. The summed E-state index contributed by atoms with van der Waals surface area (Å²) in [6.45, 7) is 8.96. The highest BCUT2D eigenvalue weighted by molar-refractivity contribution is 7.92. The van der Waals surface area contributed by atoms with Crippen molar-refractivity contribution in [2.45, 2.75) is 56.9 Å². The molecule has 0 aromatic carbocycles. The average molecular weight is 372 g/mol. The van der Waals surface area contributed by atoms with Gasteiger partial charge in [0.25, 0.3) is 0 Å². The first-order chi connectivity index (χ1) is 10.5. The highest BCUT2D eigenvalue weighted by Crippen LogP contribution is 2.42. The van der Waals surface area contributed by atoms with E-state index in [0.717, 1.165) is 0 Å². The van der Waals surface area contributed by atoms with Crippen molar-refractivity contribution in [1.82, 2.24) is 4.42 Å². The zero-order valence-corrected chi connectivity index (χ0v) is 16.1. The summed E-state index contributed by atoms with van der Waals surface area (Å²) < 4.78 is 37.3. The van der Waals surface area contributed by atoms with Crippen LogP contribution < -0.4 is 0 Å². The van der Waals surface area contributed by atoms with Crippen LogP contribution in [0.3, 0.4) is 0 Å². The fraction of sp³-hybridized carbons (Fsp3) is 1.00. The van der Waals surface area contributed by atoms with E-state index in [1.807, 2.05) is 27.7 Å². The third-order valence-corrected chi connectivity index (χ3v) is 7.14. The van der Waals surface area contributed by atoms with E-state index >= 15 is 0 Å². The van der Waals surface area contributed by atoms with Crippen LogP contribution in [0.25, 0.3) is 0 Å². The lowest BCUT2D eigenvalue weighted by molar-refractivity contribution is 0.0371. The summed E-state index contributed by atoms with van der Waals surface area (Å²) >= 11 is 6.38. The molecule has 0 unspecified atom stereocenters. The van der Waals surface area contributed by atoms with Crippen molar-refractivity contribution in [3.63, 3.8) is 0 Å². The first-order valence-electron chi connectivity index (χ1n) is 7.97. The zero-order chi connectivity index (χ0) is 17.7. The number of piperidine rings is 1. The molecule has 23 heavy (non-hydrogen) atoms. The zero-order valence-electron chi connectivity index (χ0n) is 14.5. The Kier molecular flexibility index (Phi) is 7.76. The molecule has 0 aliphatic carbocycles. The standard InChI is InChI=1S/C15H30ClNO5S/c1-14(2)11-13(12-15(3,4)17(14)16)23(19,20)10-9-22-8-7-21-6-5-18/h13,18H,5-12H2,1-4H3. The fourth-order valence-corrected chi connectivity index (χ4v) is 5.29. The summed E-state index contributed by atoms with van der Waals surface area (Å²) in [4.78, 5) is 0. The minimum absolute atomic E-state index is 0.00606. The Hall–Kier alpha value is 0.0800. The van der Waals surface area contributed by atoms with Crippen molar-refractivity contribution in [1.29, 1.82) is 0 Å². The highest BCUT2D eigenvalue weighted by Gasteiger charge is 2.48. The molecule has 0 amide bonds. The summed E-state index contributed by atoms with van der Waals surface area (Å²) in [5.41, 5.74) is -0.750. The Bertz CT molecular complexity index is 448. The van der Waals surface area contributed by atoms with Crippen LogP contribution in [0.4, 0.5) is 0 Å². The largest absolute Gasteiger partial charge is 0.394 e. The molecule has 0 aromatic rings. The number of nitrogens with zero attached hydrogens (tertiary/aromatic N) is 1. The molecule has 1 heterocycles. The van der Waals surface area contributed by atoms with Crippen LogP contribution in [0.2, 0.25) is 0 Å². The number of sulfone groups is 1. The molecule has 1 aliphatic heterocycles. The van der Waals surface area contributed by atoms with Gasteiger partial charge in [0.05, 0.1) is 44.0 Å². The van der Waals surface area contributed by atoms with Crippen molar-refractivity contribution < 1.29 is 23.0 Å². The van der Waals surface area contributed by atoms with Gasteiger partial charge < -0.3 is 14.6 Å². The van der Waals surface area contributed by atoms with Gasteiger partial charge >= 0.3 is 0 Å². The van der Waals surface area contributed by atoms with E-state index in [0.29, 0.717) is 26.1 Å². The maximum Gasteiger partial charge on any atom is 0.155 e. The van der Waals surface area contributed by atoms with Gasteiger partial charge in [-0.1, -0.05) is 0 Å². The number of aliphatic hydroxyl groups is 1. The summed E-state index contributed by atoms with van der Waals surface area (Å²) in [6, 6.07) is 0. The van der Waals surface area contributed by atoms with Crippen LogP contribution in [0, 0.1) is 0 Å². The van der Waals surface area contributed by atoms with Crippen LogP contribution in [-0.4, -0.2) is 73.1 Å². The predicted octanol–water partition coefficient (Wildman–Crippen LogP) is 1.60. The molecule has 0 atom stereocenters. The van der Waals surface area contributed by atoms with Crippen molar-refractivity contribution in [2.24, 2.45) is 0 Å². The average Bonchev–Trinajstić information content (AvgIpc) is 2.43. The van der Waals surface area contributed by atoms with Crippen molar-refractivity contribution in [3.05, 3.63) is 0 Å². The second-order valence-electron chi connectivity index (χ2n) is 7.25. The smallest absolute Gasteiger partial charge is 0.155 e. The van der Waals surface area contributed by atoms with Gasteiger partial charge in [-0.15, -0.1) is 0 Å². The SMILES string of the molecule is CC1(C)CC(S(=O)(=O)CCOCCOCCO)CC(C)(C)N1Cl. The van der Waals surface area contributed by atoms with E-state index in [9.17, 15) is 8.42 Å². The van der Waals surface area contributed by atoms with Gasteiger partial charge in [0, 0.05) is 11.1 Å². The molecule has 0 saturated carbocycles. The molecule has 0 radical (unpaired) electrons. The second-order valence-corrected chi connectivity index (χ2v) is 9.99. The lowest BCUT2D eigenvalue weighted by atomic mass is 9.82. The Morgan fingerprint density at radius 3 is 2.00 bits per heavy atom. The molecule has 1 N–H and O–H groups in total. The van der Waals surface area contributed by atoms with Crippen LogP contribution in [-0.2, 0) is 19.3 Å². The monoisotopic (exact) mass is 371 g/mol. The van der Waals surface area contributed by atoms with E-state index in [1.165, 1.54) is 0 Å². The number of hydrogen-bond donors (Lipinski definition) is 1. The van der Waals surface area contributed by atoms with E-state index in [1.54, 1.807) is 4.42 Å². The quantitative estimate of drug-likeness (QED) is 0.490. The number of rotatable bonds is 9. The van der Waals surface area contributed by atoms with Gasteiger partial charge in [0.2, 0.25) is 0 Å². The Morgan fingerprint density at radius 2 is 1.52 bits per heavy atom. The number of hydrogen-bond acceptors (Lipinski definition) is 6. The molecule has 0 spiro atoms. The maximum absolute atomic E-state index is 12.6. The van der Waals surface area contributed by atoms with Crippen LogP contribution in [0.15, 0.2) is 0 Å². The van der Waals surface area contributed by atoms with E-state index < -0.39 is 15.1 Å². The number of aliphatic hydroxyl groups excluding tert-OH is 1. The third-order valence-electron chi connectivity index (χ3n) is 4.15.